The van der Waals surface area contributed by atoms with Gasteiger partial charge in [0.1, 0.15) is 22.6 Å². The van der Waals surface area contributed by atoms with Gasteiger partial charge in [-0.3, -0.25) is 9.98 Å². The van der Waals surface area contributed by atoms with Crippen molar-refractivity contribution in [1.82, 2.24) is 4.98 Å². The molecule has 0 aliphatic rings. The molecule has 0 atom stereocenters. The minimum atomic E-state index is 0.716. The number of furan rings is 1. The summed E-state index contributed by atoms with van der Waals surface area (Å²) >= 11 is 0. The van der Waals surface area contributed by atoms with Gasteiger partial charge >= 0.3 is 0 Å². The van der Waals surface area contributed by atoms with Gasteiger partial charge in [-0.25, -0.2) is 0 Å². The molecule has 130 valence electrons. The molecule has 0 unspecified atom stereocenters. The summed E-state index contributed by atoms with van der Waals surface area (Å²) in [6.07, 6.45) is 3.63. The Kier molecular flexibility index (Phi) is 3.61. The summed E-state index contributed by atoms with van der Waals surface area (Å²) in [4.78, 5) is 8.99. The number of para-hydroxylation sites is 1. The maximum absolute atomic E-state index is 5.96. The van der Waals surface area contributed by atoms with E-state index in [-0.39, 0.29) is 0 Å². The van der Waals surface area contributed by atoms with Crippen LogP contribution in [0.1, 0.15) is 5.56 Å². The largest absolute Gasteiger partial charge is 0.494 e. The van der Waals surface area contributed by atoms with Crippen molar-refractivity contribution in [2.45, 2.75) is 0 Å². The lowest BCUT2D eigenvalue weighted by Crippen LogP contribution is -1.86. The Balaban J connectivity index is 1.60. The minimum Gasteiger partial charge on any atom is -0.494 e. The van der Waals surface area contributed by atoms with E-state index in [1.807, 2.05) is 66.9 Å². The Labute approximate surface area is 155 Å². The maximum atomic E-state index is 5.96. The predicted octanol–water partition coefficient (Wildman–Crippen LogP) is 5.89. The highest BCUT2D eigenvalue weighted by molar-refractivity contribution is 6.06. The van der Waals surface area contributed by atoms with Gasteiger partial charge in [0.2, 0.25) is 0 Å². The van der Waals surface area contributed by atoms with Crippen LogP contribution in [-0.2, 0) is 0 Å². The van der Waals surface area contributed by atoms with E-state index >= 15 is 0 Å². The Morgan fingerprint density at radius 1 is 0.926 bits per heavy atom. The number of aliphatic imine (C=N–C) groups is 1. The number of rotatable bonds is 3. The number of pyridine rings is 1. The minimum absolute atomic E-state index is 0.716. The van der Waals surface area contributed by atoms with E-state index in [9.17, 15) is 0 Å². The highest BCUT2D eigenvalue weighted by Crippen LogP contribution is 2.37. The fraction of sp³-hybridized carbons (Fsp3) is 0.0435. The number of aromatic nitrogens is 1. The number of methoxy groups -OCH3 is 1. The van der Waals surface area contributed by atoms with Gasteiger partial charge in [0.05, 0.1) is 12.6 Å². The SMILES string of the molecule is COc1cc2c(cc1N=Cc1ccc3ncccc3c1)oc1ccccc12. The number of nitrogens with zero attached hydrogens (tertiary/aromatic N) is 2. The molecular weight excluding hydrogens is 336 g/mol. The van der Waals surface area contributed by atoms with Gasteiger partial charge in [-0.15, -0.1) is 0 Å². The first-order valence-electron chi connectivity index (χ1n) is 8.70. The topological polar surface area (TPSA) is 47.6 Å². The van der Waals surface area contributed by atoms with Gasteiger partial charge in [0, 0.05) is 34.6 Å². The summed E-state index contributed by atoms with van der Waals surface area (Å²) < 4.78 is 11.5. The Hall–Kier alpha value is -3.66. The molecule has 0 fully saturated rings. The first-order valence-corrected chi connectivity index (χ1v) is 8.70. The molecule has 4 heteroatoms. The lowest BCUT2D eigenvalue weighted by molar-refractivity contribution is 0.416. The molecule has 0 spiro atoms. The second-order valence-electron chi connectivity index (χ2n) is 6.33. The van der Waals surface area contributed by atoms with Crippen LogP contribution in [0.5, 0.6) is 5.75 Å². The quantitative estimate of drug-likeness (QED) is 0.380. The zero-order valence-corrected chi connectivity index (χ0v) is 14.7. The molecule has 4 nitrogen and oxygen atoms in total. The molecule has 0 bridgehead atoms. The second-order valence-corrected chi connectivity index (χ2v) is 6.33. The van der Waals surface area contributed by atoms with Crippen LogP contribution in [0.15, 0.2) is 82.3 Å². The van der Waals surface area contributed by atoms with Gasteiger partial charge in [-0.05, 0) is 35.9 Å². The van der Waals surface area contributed by atoms with Crippen molar-refractivity contribution in [3.8, 4) is 5.75 Å². The summed E-state index contributed by atoms with van der Waals surface area (Å²) in [6, 6.07) is 21.9. The van der Waals surface area contributed by atoms with Crippen LogP contribution >= 0.6 is 0 Å². The third kappa shape index (κ3) is 2.72. The van der Waals surface area contributed by atoms with Gasteiger partial charge in [0.15, 0.2) is 0 Å². The molecule has 0 amide bonds. The normalized spacial score (nSPS) is 11.7. The molecular formula is C23H16N2O2. The number of ether oxygens (including phenoxy) is 1. The van der Waals surface area contributed by atoms with E-state index in [1.165, 1.54) is 0 Å². The molecule has 2 heterocycles. The van der Waals surface area contributed by atoms with Crippen LogP contribution in [-0.4, -0.2) is 18.3 Å². The lowest BCUT2D eigenvalue weighted by atomic mass is 10.1. The Bertz CT molecular complexity index is 1320. The number of hydrogen-bond donors (Lipinski definition) is 0. The summed E-state index contributed by atoms with van der Waals surface area (Å²) in [5.74, 6) is 0.716. The number of fused-ring (bicyclic) bond motifs is 4. The second kappa shape index (κ2) is 6.25. The van der Waals surface area contributed by atoms with Crippen LogP contribution < -0.4 is 4.74 Å². The van der Waals surface area contributed by atoms with Crippen LogP contribution in [0.2, 0.25) is 0 Å². The zero-order valence-electron chi connectivity index (χ0n) is 14.7. The Morgan fingerprint density at radius 2 is 1.85 bits per heavy atom. The van der Waals surface area contributed by atoms with Gasteiger partial charge in [-0.1, -0.05) is 30.3 Å². The van der Waals surface area contributed by atoms with Crippen LogP contribution in [0, 0.1) is 0 Å². The van der Waals surface area contributed by atoms with Crippen molar-refractivity contribution < 1.29 is 9.15 Å². The molecule has 0 N–H and O–H groups in total. The smallest absolute Gasteiger partial charge is 0.145 e. The molecule has 0 radical (unpaired) electrons. The van der Waals surface area contributed by atoms with E-state index in [4.69, 9.17) is 9.15 Å². The van der Waals surface area contributed by atoms with Crippen LogP contribution in [0.3, 0.4) is 0 Å². The Morgan fingerprint density at radius 3 is 2.78 bits per heavy atom. The van der Waals surface area contributed by atoms with Crippen molar-refractivity contribution >= 4 is 44.7 Å². The summed E-state index contributed by atoms with van der Waals surface area (Å²) in [7, 11) is 1.66. The van der Waals surface area contributed by atoms with Gasteiger partial charge in [-0.2, -0.15) is 0 Å². The molecule has 0 aliphatic heterocycles. The van der Waals surface area contributed by atoms with Crippen molar-refractivity contribution in [2.75, 3.05) is 7.11 Å². The average molecular weight is 352 g/mol. The molecule has 3 aromatic carbocycles. The van der Waals surface area contributed by atoms with Crippen molar-refractivity contribution in [1.29, 1.82) is 0 Å². The highest BCUT2D eigenvalue weighted by atomic mass is 16.5. The fourth-order valence-corrected chi connectivity index (χ4v) is 3.32. The fourth-order valence-electron chi connectivity index (χ4n) is 3.32. The molecule has 2 aromatic heterocycles. The van der Waals surface area contributed by atoms with Crippen LogP contribution in [0.25, 0.3) is 32.8 Å². The average Bonchev–Trinajstić information content (AvgIpc) is 3.08. The lowest BCUT2D eigenvalue weighted by Gasteiger charge is -2.04. The molecule has 0 saturated heterocycles. The maximum Gasteiger partial charge on any atom is 0.145 e. The summed E-state index contributed by atoms with van der Waals surface area (Å²) in [5, 5.41) is 3.18. The summed E-state index contributed by atoms with van der Waals surface area (Å²) in [6.45, 7) is 0. The van der Waals surface area contributed by atoms with E-state index in [2.05, 4.69) is 16.0 Å². The summed E-state index contributed by atoms with van der Waals surface area (Å²) in [5.41, 5.74) is 4.36. The first-order chi connectivity index (χ1) is 13.3. The van der Waals surface area contributed by atoms with E-state index < -0.39 is 0 Å². The van der Waals surface area contributed by atoms with E-state index in [1.54, 1.807) is 13.3 Å². The van der Waals surface area contributed by atoms with Gasteiger partial charge < -0.3 is 9.15 Å². The highest BCUT2D eigenvalue weighted by Gasteiger charge is 2.11. The van der Waals surface area contributed by atoms with Crippen molar-refractivity contribution in [2.24, 2.45) is 4.99 Å². The third-order valence-electron chi connectivity index (χ3n) is 4.66. The third-order valence-corrected chi connectivity index (χ3v) is 4.66. The number of hydrogen-bond acceptors (Lipinski definition) is 4. The molecule has 0 saturated carbocycles. The molecule has 0 aliphatic carbocycles. The van der Waals surface area contributed by atoms with Crippen LogP contribution in [0.4, 0.5) is 5.69 Å². The van der Waals surface area contributed by atoms with E-state index in [0.29, 0.717) is 5.75 Å². The van der Waals surface area contributed by atoms with Gasteiger partial charge in [0.25, 0.3) is 0 Å². The van der Waals surface area contributed by atoms with E-state index in [0.717, 1.165) is 44.1 Å². The standard InChI is InChI=1S/C23H16N2O2/c1-26-23-12-18-17-6-2-3-7-21(17)27-22(18)13-20(23)25-14-15-8-9-19-16(11-15)5-4-10-24-19/h2-14H,1H3. The molecule has 27 heavy (non-hydrogen) atoms. The monoisotopic (exact) mass is 352 g/mol. The molecule has 5 rings (SSSR count). The van der Waals surface area contributed by atoms with Crippen molar-refractivity contribution in [3.63, 3.8) is 0 Å². The predicted molar refractivity (Wildman–Crippen MR) is 109 cm³/mol. The van der Waals surface area contributed by atoms with Crippen molar-refractivity contribution in [3.05, 3.63) is 78.5 Å². The molecule has 5 aromatic rings. The zero-order chi connectivity index (χ0) is 18.2. The first kappa shape index (κ1) is 15.6. The number of benzene rings is 3.